The van der Waals surface area contributed by atoms with Crippen LogP contribution in [0.4, 0.5) is 0 Å². The number of ether oxygens (including phenoxy) is 1. The predicted molar refractivity (Wildman–Crippen MR) is 80.7 cm³/mol. The minimum Gasteiger partial charge on any atom is -0.497 e. The Morgan fingerprint density at radius 3 is 2.55 bits per heavy atom. The Labute approximate surface area is 120 Å². The number of likely N-dealkylation sites (tertiary alicyclic amines) is 1. The molecular formula is C16H22N2O2. The molecule has 4 heteroatoms. The molecule has 0 saturated carbocycles. The van der Waals surface area contributed by atoms with Gasteiger partial charge < -0.3 is 15.0 Å². The van der Waals surface area contributed by atoms with Gasteiger partial charge in [0.1, 0.15) is 5.75 Å². The molecule has 1 fully saturated rings. The van der Waals surface area contributed by atoms with Gasteiger partial charge in [0.2, 0.25) is 5.91 Å². The average Bonchev–Trinajstić information content (AvgIpc) is 2.48. The summed E-state index contributed by atoms with van der Waals surface area (Å²) < 4.78 is 5.10. The van der Waals surface area contributed by atoms with Crippen LogP contribution in [0.25, 0.3) is 6.08 Å². The van der Waals surface area contributed by atoms with Gasteiger partial charge in [0, 0.05) is 12.1 Å². The topological polar surface area (TPSA) is 41.6 Å². The highest BCUT2D eigenvalue weighted by Gasteiger charge is 2.17. The Kier molecular flexibility index (Phi) is 5.18. The Balaban J connectivity index is 1.82. The Bertz CT molecular complexity index is 460. The number of rotatable bonds is 4. The van der Waals surface area contributed by atoms with Crippen LogP contribution in [0.1, 0.15) is 18.4 Å². The van der Waals surface area contributed by atoms with Crippen molar-refractivity contribution in [3.05, 3.63) is 35.9 Å². The lowest BCUT2D eigenvalue weighted by atomic mass is 10.1. The first-order valence-electron chi connectivity index (χ1n) is 6.98. The van der Waals surface area contributed by atoms with Crippen LogP contribution in [-0.2, 0) is 4.79 Å². The van der Waals surface area contributed by atoms with Gasteiger partial charge in [0.15, 0.2) is 0 Å². The van der Waals surface area contributed by atoms with Crippen molar-refractivity contribution in [2.45, 2.75) is 18.9 Å². The first-order valence-corrected chi connectivity index (χ1v) is 6.98. The molecule has 1 aliphatic heterocycles. The minimum absolute atomic E-state index is 0.0182. The minimum atomic E-state index is -0.0182. The molecule has 1 amide bonds. The van der Waals surface area contributed by atoms with Crippen molar-refractivity contribution in [3.8, 4) is 5.75 Å². The number of amides is 1. The van der Waals surface area contributed by atoms with Crippen LogP contribution in [0, 0.1) is 0 Å². The third-order valence-electron chi connectivity index (χ3n) is 3.61. The van der Waals surface area contributed by atoms with E-state index in [9.17, 15) is 4.79 Å². The van der Waals surface area contributed by atoms with E-state index in [-0.39, 0.29) is 5.91 Å². The van der Waals surface area contributed by atoms with Gasteiger partial charge in [0.25, 0.3) is 0 Å². The van der Waals surface area contributed by atoms with Crippen molar-refractivity contribution in [1.82, 2.24) is 10.2 Å². The van der Waals surface area contributed by atoms with E-state index in [1.54, 1.807) is 13.2 Å². The molecule has 0 unspecified atom stereocenters. The third-order valence-corrected chi connectivity index (χ3v) is 3.61. The number of hydrogen-bond acceptors (Lipinski definition) is 3. The molecule has 1 N–H and O–H groups in total. The largest absolute Gasteiger partial charge is 0.497 e. The van der Waals surface area contributed by atoms with Crippen LogP contribution in [0.2, 0.25) is 0 Å². The number of carbonyl (C=O) groups excluding carboxylic acids is 1. The molecule has 2 rings (SSSR count). The lowest BCUT2D eigenvalue weighted by Gasteiger charge is -2.29. The fraction of sp³-hybridized carbons (Fsp3) is 0.438. The second kappa shape index (κ2) is 7.10. The van der Waals surface area contributed by atoms with Gasteiger partial charge in [0.05, 0.1) is 7.11 Å². The molecular weight excluding hydrogens is 252 g/mol. The number of hydrogen-bond donors (Lipinski definition) is 1. The molecule has 0 atom stereocenters. The van der Waals surface area contributed by atoms with E-state index in [2.05, 4.69) is 17.3 Å². The summed E-state index contributed by atoms with van der Waals surface area (Å²) in [6, 6.07) is 7.93. The summed E-state index contributed by atoms with van der Waals surface area (Å²) in [7, 11) is 3.75. The normalized spacial score (nSPS) is 17.3. The summed E-state index contributed by atoms with van der Waals surface area (Å²) in [5, 5.41) is 3.06. The molecule has 0 spiro atoms. The second-order valence-corrected chi connectivity index (χ2v) is 5.19. The molecule has 1 aromatic rings. The number of carbonyl (C=O) groups is 1. The van der Waals surface area contributed by atoms with E-state index in [4.69, 9.17) is 4.74 Å². The zero-order chi connectivity index (χ0) is 14.4. The van der Waals surface area contributed by atoms with Crippen LogP contribution in [0.15, 0.2) is 30.3 Å². The first-order chi connectivity index (χ1) is 9.67. The SMILES string of the molecule is COc1ccc(/C=C/C(=O)NC2CCN(C)CC2)cc1. The zero-order valence-corrected chi connectivity index (χ0v) is 12.1. The lowest BCUT2D eigenvalue weighted by molar-refractivity contribution is -0.117. The van der Waals surface area contributed by atoms with Gasteiger partial charge in [-0.05, 0) is 56.8 Å². The van der Waals surface area contributed by atoms with Crippen LogP contribution in [0.5, 0.6) is 5.75 Å². The van der Waals surface area contributed by atoms with Crippen molar-refractivity contribution in [3.63, 3.8) is 0 Å². The summed E-state index contributed by atoms with van der Waals surface area (Å²) in [6.07, 6.45) is 5.47. The van der Waals surface area contributed by atoms with E-state index in [1.807, 2.05) is 30.3 Å². The molecule has 4 nitrogen and oxygen atoms in total. The summed E-state index contributed by atoms with van der Waals surface area (Å²) in [5.41, 5.74) is 0.990. The highest BCUT2D eigenvalue weighted by molar-refractivity contribution is 5.91. The number of piperidine rings is 1. The van der Waals surface area contributed by atoms with E-state index in [0.29, 0.717) is 6.04 Å². The molecule has 0 bridgehead atoms. The fourth-order valence-electron chi connectivity index (χ4n) is 2.29. The summed E-state index contributed by atoms with van der Waals surface area (Å²) >= 11 is 0. The molecule has 1 aliphatic rings. The van der Waals surface area contributed by atoms with Gasteiger partial charge in [-0.2, -0.15) is 0 Å². The van der Waals surface area contributed by atoms with Gasteiger partial charge in [-0.1, -0.05) is 12.1 Å². The van der Waals surface area contributed by atoms with E-state index in [0.717, 1.165) is 37.2 Å². The van der Waals surface area contributed by atoms with Gasteiger partial charge >= 0.3 is 0 Å². The predicted octanol–water partition coefficient (Wildman–Crippen LogP) is 1.92. The molecule has 1 aromatic carbocycles. The molecule has 0 radical (unpaired) electrons. The zero-order valence-electron chi connectivity index (χ0n) is 12.1. The summed E-state index contributed by atoms with van der Waals surface area (Å²) in [4.78, 5) is 14.1. The number of benzene rings is 1. The van der Waals surface area contributed by atoms with Crippen LogP contribution < -0.4 is 10.1 Å². The number of nitrogens with one attached hydrogen (secondary N) is 1. The Hall–Kier alpha value is -1.81. The van der Waals surface area contributed by atoms with Crippen LogP contribution >= 0.6 is 0 Å². The van der Waals surface area contributed by atoms with E-state index >= 15 is 0 Å². The van der Waals surface area contributed by atoms with Crippen LogP contribution in [-0.4, -0.2) is 44.1 Å². The van der Waals surface area contributed by atoms with Crippen LogP contribution in [0.3, 0.4) is 0 Å². The summed E-state index contributed by atoms with van der Waals surface area (Å²) in [5.74, 6) is 0.799. The third kappa shape index (κ3) is 4.38. The standard InChI is InChI=1S/C16H22N2O2/c1-18-11-9-14(10-12-18)17-16(19)8-5-13-3-6-15(20-2)7-4-13/h3-8,14H,9-12H2,1-2H3,(H,17,19)/b8-5+. The number of methoxy groups -OCH3 is 1. The van der Waals surface area contributed by atoms with Crippen molar-refractivity contribution in [1.29, 1.82) is 0 Å². The van der Waals surface area contributed by atoms with E-state index < -0.39 is 0 Å². The van der Waals surface area contributed by atoms with Gasteiger partial charge in [-0.3, -0.25) is 4.79 Å². The highest BCUT2D eigenvalue weighted by Crippen LogP contribution is 2.12. The molecule has 1 heterocycles. The first kappa shape index (κ1) is 14.6. The van der Waals surface area contributed by atoms with Gasteiger partial charge in [-0.25, -0.2) is 0 Å². The Morgan fingerprint density at radius 1 is 1.30 bits per heavy atom. The monoisotopic (exact) mass is 274 g/mol. The fourth-order valence-corrected chi connectivity index (χ4v) is 2.29. The maximum atomic E-state index is 11.9. The summed E-state index contributed by atoms with van der Waals surface area (Å²) in [6.45, 7) is 2.10. The van der Waals surface area contributed by atoms with Crippen molar-refractivity contribution < 1.29 is 9.53 Å². The quantitative estimate of drug-likeness (QED) is 0.853. The van der Waals surface area contributed by atoms with Gasteiger partial charge in [-0.15, -0.1) is 0 Å². The highest BCUT2D eigenvalue weighted by atomic mass is 16.5. The Morgan fingerprint density at radius 2 is 1.95 bits per heavy atom. The van der Waals surface area contributed by atoms with Crippen molar-refractivity contribution in [2.24, 2.45) is 0 Å². The molecule has 0 aliphatic carbocycles. The second-order valence-electron chi connectivity index (χ2n) is 5.19. The van der Waals surface area contributed by atoms with E-state index in [1.165, 1.54) is 0 Å². The smallest absolute Gasteiger partial charge is 0.244 e. The lowest BCUT2D eigenvalue weighted by Crippen LogP contribution is -2.42. The average molecular weight is 274 g/mol. The maximum absolute atomic E-state index is 11.9. The maximum Gasteiger partial charge on any atom is 0.244 e. The molecule has 1 saturated heterocycles. The number of nitrogens with zero attached hydrogens (tertiary/aromatic N) is 1. The molecule has 20 heavy (non-hydrogen) atoms. The molecule has 0 aromatic heterocycles. The van der Waals surface area contributed by atoms with Crippen molar-refractivity contribution >= 4 is 12.0 Å². The van der Waals surface area contributed by atoms with Crippen molar-refractivity contribution in [2.75, 3.05) is 27.2 Å². The molecule has 108 valence electrons.